The van der Waals surface area contributed by atoms with Gasteiger partial charge in [0.15, 0.2) is 0 Å². The van der Waals surface area contributed by atoms with E-state index >= 15 is 0 Å². The van der Waals surface area contributed by atoms with E-state index in [1.54, 1.807) is 12.1 Å². The second-order valence-electron chi connectivity index (χ2n) is 5.87. The summed E-state index contributed by atoms with van der Waals surface area (Å²) < 4.78 is 4.70. The van der Waals surface area contributed by atoms with E-state index in [4.69, 9.17) is 9.84 Å². The Labute approximate surface area is 146 Å². The molecule has 1 N–H and O–H groups in total. The van der Waals surface area contributed by atoms with E-state index in [0.29, 0.717) is 31.7 Å². The molecule has 0 unspecified atom stereocenters. The molecule has 0 aliphatic carbocycles. The van der Waals surface area contributed by atoms with Crippen molar-refractivity contribution in [3.8, 4) is 11.1 Å². The summed E-state index contributed by atoms with van der Waals surface area (Å²) in [5, 5.41) is 9.01. The molecule has 0 saturated carbocycles. The lowest BCUT2D eigenvalue weighted by Crippen LogP contribution is -2.48. The molecule has 1 heterocycles. The Morgan fingerprint density at radius 2 is 1.40 bits per heavy atom. The minimum Gasteiger partial charge on any atom is -0.465 e. The summed E-state index contributed by atoms with van der Waals surface area (Å²) >= 11 is 0. The fraction of sp³-hybridized carbons (Fsp3) is 0.263. The Hall–Kier alpha value is -3.02. The maximum absolute atomic E-state index is 11.5. The number of carbonyl (C=O) groups is 2. The largest absolute Gasteiger partial charge is 0.465 e. The molecule has 1 fully saturated rings. The molecule has 3 rings (SSSR count). The van der Waals surface area contributed by atoms with Crippen molar-refractivity contribution in [2.24, 2.45) is 0 Å². The molecule has 2 aromatic carbocycles. The van der Waals surface area contributed by atoms with Crippen LogP contribution < -0.4 is 4.90 Å². The predicted octanol–water partition coefficient (Wildman–Crippen LogP) is 2.94. The van der Waals surface area contributed by atoms with Crippen molar-refractivity contribution in [1.29, 1.82) is 0 Å². The molecule has 6 nitrogen and oxygen atoms in total. The van der Waals surface area contributed by atoms with Gasteiger partial charge in [-0.2, -0.15) is 0 Å². The van der Waals surface area contributed by atoms with E-state index in [-0.39, 0.29) is 5.97 Å². The van der Waals surface area contributed by atoms with Crippen LogP contribution in [0.15, 0.2) is 48.5 Å². The first-order valence-corrected chi connectivity index (χ1v) is 8.10. The zero-order valence-electron chi connectivity index (χ0n) is 14.0. The van der Waals surface area contributed by atoms with Crippen LogP contribution in [0.1, 0.15) is 10.4 Å². The quantitative estimate of drug-likeness (QED) is 0.870. The van der Waals surface area contributed by atoms with Crippen LogP contribution in [0.2, 0.25) is 0 Å². The van der Waals surface area contributed by atoms with Crippen LogP contribution in [0.5, 0.6) is 0 Å². The Morgan fingerprint density at radius 3 is 1.88 bits per heavy atom. The van der Waals surface area contributed by atoms with Crippen LogP contribution >= 0.6 is 0 Å². The SMILES string of the molecule is COC(=O)c1ccc(-c2ccc(N3CCN(C(=O)O)CC3)cc2)cc1. The highest BCUT2D eigenvalue weighted by molar-refractivity contribution is 5.90. The third kappa shape index (κ3) is 3.74. The average molecular weight is 340 g/mol. The molecular formula is C19H20N2O4. The Morgan fingerprint density at radius 1 is 0.880 bits per heavy atom. The van der Waals surface area contributed by atoms with Crippen molar-refractivity contribution in [3.63, 3.8) is 0 Å². The third-order valence-electron chi connectivity index (χ3n) is 4.42. The van der Waals surface area contributed by atoms with Crippen LogP contribution in [0, 0.1) is 0 Å². The summed E-state index contributed by atoms with van der Waals surface area (Å²) in [5.41, 5.74) is 3.69. The number of carboxylic acid groups (broad SMARTS) is 1. The number of hydrogen-bond donors (Lipinski definition) is 1. The summed E-state index contributed by atoms with van der Waals surface area (Å²) in [4.78, 5) is 26.1. The Balaban J connectivity index is 1.68. The lowest BCUT2D eigenvalue weighted by molar-refractivity contribution is 0.0600. The monoisotopic (exact) mass is 340 g/mol. The van der Waals surface area contributed by atoms with Crippen molar-refractivity contribution >= 4 is 17.7 Å². The first kappa shape index (κ1) is 16.8. The number of carbonyl (C=O) groups excluding carboxylic acids is 1. The molecule has 6 heteroatoms. The second-order valence-corrected chi connectivity index (χ2v) is 5.87. The fourth-order valence-electron chi connectivity index (χ4n) is 2.94. The van der Waals surface area contributed by atoms with Gasteiger partial charge >= 0.3 is 12.1 Å². The smallest absolute Gasteiger partial charge is 0.407 e. The summed E-state index contributed by atoms with van der Waals surface area (Å²) in [5.74, 6) is -0.345. The van der Waals surface area contributed by atoms with Gasteiger partial charge in [-0.1, -0.05) is 24.3 Å². The van der Waals surface area contributed by atoms with Gasteiger partial charge in [0.2, 0.25) is 0 Å². The van der Waals surface area contributed by atoms with E-state index in [2.05, 4.69) is 4.90 Å². The fourth-order valence-corrected chi connectivity index (χ4v) is 2.94. The summed E-state index contributed by atoms with van der Waals surface area (Å²) in [6.45, 7) is 2.43. The molecule has 1 saturated heterocycles. The van der Waals surface area contributed by atoms with Gasteiger partial charge in [-0.25, -0.2) is 9.59 Å². The van der Waals surface area contributed by atoms with Gasteiger partial charge in [0, 0.05) is 31.9 Å². The first-order valence-electron chi connectivity index (χ1n) is 8.10. The van der Waals surface area contributed by atoms with E-state index in [1.807, 2.05) is 36.4 Å². The second kappa shape index (κ2) is 7.25. The highest BCUT2D eigenvalue weighted by Gasteiger charge is 2.20. The number of hydrogen-bond acceptors (Lipinski definition) is 4. The summed E-state index contributed by atoms with van der Waals surface area (Å²) in [6, 6.07) is 15.4. The van der Waals surface area contributed by atoms with E-state index in [1.165, 1.54) is 12.0 Å². The lowest BCUT2D eigenvalue weighted by atomic mass is 10.0. The number of esters is 1. The third-order valence-corrected chi connectivity index (χ3v) is 4.42. The van der Waals surface area contributed by atoms with Gasteiger partial charge in [-0.05, 0) is 35.4 Å². The van der Waals surface area contributed by atoms with Gasteiger partial charge in [0.25, 0.3) is 0 Å². The molecule has 0 bridgehead atoms. The van der Waals surface area contributed by atoms with E-state index in [0.717, 1.165) is 16.8 Å². The summed E-state index contributed by atoms with van der Waals surface area (Å²) in [6.07, 6.45) is -0.856. The van der Waals surface area contributed by atoms with Crippen molar-refractivity contribution in [1.82, 2.24) is 4.90 Å². The average Bonchev–Trinajstić information content (AvgIpc) is 2.67. The minimum atomic E-state index is -0.856. The van der Waals surface area contributed by atoms with Crippen LogP contribution in [0.25, 0.3) is 11.1 Å². The number of piperazine rings is 1. The first-order chi connectivity index (χ1) is 12.1. The van der Waals surface area contributed by atoms with Crippen LogP contribution in [-0.2, 0) is 4.74 Å². The minimum absolute atomic E-state index is 0.345. The lowest BCUT2D eigenvalue weighted by Gasteiger charge is -2.34. The number of benzene rings is 2. The van der Waals surface area contributed by atoms with E-state index < -0.39 is 6.09 Å². The number of nitrogens with zero attached hydrogens (tertiary/aromatic N) is 2. The number of rotatable bonds is 3. The molecule has 25 heavy (non-hydrogen) atoms. The number of ether oxygens (including phenoxy) is 1. The van der Waals surface area contributed by atoms with Gasteiger partial charge in [-0.3, -0.25) is 0 Å². The van der Waals surface area contributed by atoms with Gasteiger partial charge < -0.3 is 19.6 Å². The molecule has 1 aliphatic heterocycles. The molecule has 2 aromatic rings. The Kier molecular flexibility index (Phi) is 4.88. The van der Waals surface area contributed by atoms with Gasteiger partial charge in [0.1, 0.15) is 0 Å². The number of anilines is 1. The normalized spacial score (nSPS) is 14.3. The van der Waals surface area contributed by atoms with Crippen LogP contribution in [0.4, 0.5) is 10.5 Å². The molecular weight excluding hydrogens is 320 g/mol. The van der Waals surface area contributed by atoms with E-state index in [9.17, 15) is 9.59 Å². The standard InChI is InChI=1S/C19H20N2O4/c1-25-18(22)16-4-2-14(3-5-16)15-6-8-17(9-7-15)20-10-12-21(13-11-20)19(23)24/h2-9H,10-13H2,1H3,(H,23,24). The highest BCUT2D eigenvalue weighted by atomic mass is 16.5. The van der Waals surface area contributed by atoms with Crippen molar-refractivity contribution in [2.75, 3.05) is 38.2 Å². The Bertz CT molecular complexity index is 748. The number of methoxy groups -OCH3 is 1. The van der Waals surface area contributed by atoms with Gasteiger partial charge in [-0.15, -0.1) is 0 Å². The maximum Gasteiger partial charge on any atom is 0.407 e. The van der Waals surface area contributed by atoms with Gasteiger partial charge in [0.05, 0.1) is 12.7 Å². The van der Waals surface area contributed by atoms with Crippen LogP contribution in [0.3, 0.4) is 0 Å². The van der Waals surface area contributed by atoms with Crippen molar-refractivity contribution < 1.29 is 19.4 Å². The number of amides is 1. The predicted molar refractivity (Wildman–Crippen MR) is 95.0 cm³/mol. The molecule has 0 atom stereocenters. The van der Waals surface area contributed by atoms with Crippen molar-refractivity contribution in [2.45, 2.75) is 0 Å². The summed E-state index contributed by atoms with van der Waals surface area (Å²) in [7, 11) is 1.37. The molecule has 0 aromatic heterocycles. The molecule has 1 amide bonds. The zero-order valence-corrected chi connectivity index (χ0v) is 14.0. The maximum atomic E-state index is 11.5. The molecule has 130 valence electrons. The topological polar surface area (TPSA) is 70.1 Å². The molecule has 0 radical (unpaired) electrons. The van der Waals surface area contributed by atoms with Crippen molar-refractivity contribution in [3.05, 3.63) is 54.1 Å². The van der Waals surface area contributed by atoms with Crippen LogP contribution in [-0.4, -0.2) is 55.4 Å². The highest BCUT2D eigenvalue weighted by Crippen LogP contribution is 2.24. The molecule has 0 spiro atoms. The molecule has 1 aliphatic rings. The zero-order chi connectivity index (χ0) is 17.8.